The molecule has 0 amide bonds. The van der Waals surface area contributed by atoms with Crippen molar-refractivity contribution < 1.29 is 0 Å². The lowest BCUT2D eigenvalue weighted by atomic mass is 10.1. The number of thioether (sulfide) groups is 2. The van der Waals surface area contributed by atoms with E-state index in [1.807, 2.05) is 11.8 Å². The molecule has 1 fully saturated rings. The fraction of sp³-hybridized carbons (Fsp3) is 0.917. The highest BCUT2D eigenvalue weighted by molar-refractivity contribution is 8.14. The number of aliphatic imine (C=N–C) groups is 1. The van der Waals surface area contributed by atoms with Crippen molar-refractivity contribution in [3.8, 4) is 0 Å². The summed E-state index contributed by atoms with van der Waals surface area (Å²) in [6, 6.07) is 0. The first-order chi connectivity index (χ1) is 7.59. The lowest BCUT2D eigenvalue weighted by Crippen LogP contribution is -2.35. The predicted octanol–water partition coefficient (Wildman–Crippen LogP) is 2.99. The summed E-state index contributed by atoms with van der Waals surface area (Å²) in [7, 11) is 0. The average Bonchev–Trinajstić information content (AvgIpc) is 2.84. The van der Waals surface area contributed by atoms with Crippen molar-refractivity contribution in [3.05, 3.63) is 0 Å². The van der Waals surface area contributed by atoms with E-state index in [-0.39, 0.29) is 0 Å². The van der Waals surface area contributed by atoms with Crippen LogP contribution >= 0.6 is 23.5 Å². The lowest BCUT2D eigenvalue weighted by molar-refractivity contribution is 0.592. The molecule has 1 N–H and O–H groups in total. The van der Waals surface area contributed by atoms with E-state index >= 15 is 0 Å². The average molecular weight is 258 g/mol. The Hall–Kier alpha value is 0.170. The van der Waals surface area contributed by atoms with Crippen molar-refractivity contribution in [1.29, 1.82) is 0 Å². The van der Waals surface area contributed by atoms with Crippen LogP contribution in [0.25, 0.3) is 0 Å². The second-order valence-corrected chi connectivity index (χ2v) is 8.21. The molecule has 0 radical (unpaired) electrons. The quantitative estimate of drug-likeness (QED) is 0.842. The van der Waals surface area contributed by atoms with Gasteiger partial charge in [0.15, 0.2) is 5.17 Å². The Kier molecular flexibility index (Phi) is 4.11. The van der Waals surface area contributed by atoms with E-state index in [9.17, 15) is 0 Å². The molecule has 1 saturated heterocycles. The van der Waals surface area contributed by atoms with Crippen molar-refractivity contribution in [2.45, 2.75) is 43.6 Å². The van der Waals surface area contributed by atoms with Gasteiger partial charge in [-0.1, -0.05) is 25.6 Å². The van der Waals surface area contributed by atoms with Crippen LogP contribution in [0.1, 0.15) is 33.6 Å². The van der Waals surface area contributed by atoms with Crippen molar-refractivity contribution in [2.24, 2.45) is 10.9 Å². The Balaban J connectivity index is 1.75. The minimum atomic E-state index is 0.443. The minimum Gasteiger partial charge on any atom is -0.364 e. The largest absolute Gasteiger partial charge is 0.364 e. The number of rotatable bonds is 3. The van der Waals surface area contributed by atoms with Crippen LogP contribution in [0.4, 0.5) is 0 Å². The lowest BCUT2D eigenvalue weighted by Gasteiger charge is -2.23. The maximum Gasteiger partial charge on any atom is 0.156 e. The Morgan fingerprint density at radius 2 is 2.38 bits per heavy atom. The molecule has 0 bridgehead atoms. The third-order valence-electron chi connectivity index (χ3n) is 3.34. The van der Waals surface area contributed by atoms with Gasteiger partial charge in [-0.05, 0) is 31.4 Å². The Morgan fingerprint density at radius 3 is 2.94 bits per heavy atom. The molecule has 0 aromatic carbocycles. The first-order valence-corrected chi connectivity index (χ1v) is 8.04. The molecule has 92 valence electrons. The Morgan fingerprint density at radius 1 is 1.56 bits per heavy atom. The van der Waals surface area contributed by atoms with Crippen LogP contribution < -0.4 is 5.32 Å². The van der Waals surface area contributed by atoms with E-state index in [1.165, 1.54) is 23.8 Å². The third-order valence-corrected chi connectivity index (χ3v) is 6.37. The molecule has 2 atom stereocenters. The first kappa shape index (κ1) is 12.6. The molecule has 2 rings (SSSR count). The number of hydrogen-bond acceptors (Lipinski definition) is 4. The molecule has 0 spiro atoms. The minimum absolute atomic E-state index is 0.443. The summed E-state index contributed by atoms with van der Waals surface area (Å²) in [6.45, 7) is 9.01. The summed E-state index contributed by atoms with van der Waals surface area (Å²) in [6.07, 6.45) is 2.72. The topological polar surface area (TPSA) is 24.4 Å². The molecule has 0 aromatic rings. The van der Waals surface area contributed by atoms with Crippen molar-refractivity contribution >= 4 is 28.7 Å². The summed E-state index contributed by atoms with van der Waals surface area (Å²) in [4.78, 5) is 4.59. The SMILES string of the molecule is CC(C)C1CN=C(NCC2(C)CCCS2)S1. The van der Waals surface area contributed by atoms with Crippen LogP contribution in [-0.4, -0.2) is 34.0 Å². The third kappa shape index (κ3) is 3.10. The molecular weight excluding hydrogens is 236 g/mol. The maximum atomic E-state index is 4.59. The molecule has 2 heterocycles. The van der Waals surface area contributed by atoms with Gasteiger partial charge in [-0.15, -0.1) is 0 Å². The monoisotopic (exact) mass is 258 g/mol. The van der Waals surface area contributed by atoms with E-state index in [0.717, 1.165) is 19.0 Å². The molecule has 2 aliphatic heterocycles. The van der Waals surface area contributed by atoms with Gasteiger partial charge in [0.05, 0.1) is 6.54 Å². The zero-order valence-corrected chi connectivity index (χ0v) is 12.1. The predicted molar refractivity (Wildman–Crippen MR) is 76.6 cm³/mol. The Labute approximate surface area is 107 Å². The van der Waals surface area contributed by atoms with E-state index in [0.29, 0.717) is 10.00 Å². The summed E-state index contributed by atoms with van der Waals surface area (Å²) < 4.78 is 0.443. The second kappa shape index (κ2) is 5.21. The highest BCUT2D eigenvalue weighted by atomic mass is 32.2. The molecule has 16 heavy (non-hydrogen) atoms. The van der Waals surface area contributed by atoms with Gasteiger partial charge in [0, 0.05) is 16.5 Å². The van der Waals surface area contributed by atoms with Crippen molar-refractivity contribution in [3.63, 3.8) is 0 Å². The van der Waals surface area contributed by atoms with E-state index < -0.39 is 0 Å². The summed E-state index contributed by atoms with van der Waals surface area (Å²) in [5.41, 5.74) is 0. The van der Waals surface area contributed by atoms with E-state index in [4.69, 9.17) is 0 Å². The zero-order chi connectivity index (χ0) is 11.6. The highest BCUT2D eigenvalue weighted by Crippen LogP contribution is 2.37. The van der Waals surface area contributed by atoms with E-state index in [2.05, 4.69) is 42.8 Å². The van der Waals surface area contributed by atoms with Crippen LogP contribution in [0.3, 0.4) is 0 Å². The number of nitrogens with one attached hydrogen (secondary N) is 1. The molecular formula is C12H22N2S2. The molecule has 2 nitrogen and oxygen atoms in total. The zero-order valence-electron chi connectivity index (χ0n) is 10.5. The van der Waals surface area contributed by atoms with Gasteiger partial charge >= 0.3 is 0 Å². The smallest absolute Gasteiger partial charge is 0.156 e. The van der Waals surface area contributed by atoms with Crippen LogP contribution in [-0.2, 0) is 0 Å². The maximum absolute atomic E-state index is 4.59. The highest BCUT2D eigenvalue weighted by Gasteiger charge is 2.30. The van der Waals surface area contributed by atoms with Crippen LogP contribution in [0.5, 0.6) is 0 Å². The van der Waals surface area contributed by atoms with Crippen molar-refractivity contribution in [2.75, 3.05) is 18.8 Å². The Bertz CT molecular complexity index is 270. The first-order valence-electron chi connectivity index (χ1n) is 6.18. The van der Waals surface area contributed by atoms with Crippen molar-refractivity contribution in [1.82, 2.24) is 5.32 Å². The number of nitrogens with zero attached hydrogens (tertiary/aromatic N) is 1. The summed E-state index contributed by atoms with van der Waals surface area (Å²) >= 11 is 4.04. The number of amidine groups is 1. The molecule has 0 aromatic heterocycles. The van der Waals surface area contributed by atoms with Gasteiger partial charge < -0.3 is 5.32 Å². The van der Waals surface area contributed by atoms with Gasteiger partial charge in [-0.25, -0.2) is 0 Å². The van der Waals surface area contributed by atoms with Gasteiger partial charge in [-0.3, -0.25) is 4.99 Å². The molecule has 0 saturated carbocycles. The normalized spacial score (nSPS) is 34.5. The van der Waals surface area contributed by atoms with Crippen LogP contribution in [0, 0.1) is 5.92 Å². The van der Waals surface area contributed by atoms with Crippen LogP contribution in [0.2, 0.25) is 0 Å². The molecule has 4 heteroatoms. The molecule has 0 aliphatic carbocycles. The standard InChI is InChI=1S/C12H22N2S2/c1-9(2)10-7-13-11(16-10)14-8-12(3)5-4-6-15-12/h9-10H,4-8H2,1-3H3,(H,13,14). The van der Waals surface area contributed by atoms with Gasteiger partial charge in [0.25, 0.3) is 0 Å². The number of hydrogen-bond donors (Lipinski definition) is 1. The molecule has 2 unspecified atom stereocenters. The summed E-state index contributed by atoms with van der Waals surface area (Å²) in [5.74, 6) is 2.05. The second-order valence-electron chi connectivity index (χ2n) is 5.30. The van der Waals surface area contributed by atoms with Gasteiger partial charge in [0.1, 0.15) is 0 Å². The fourth-order valence-corrected chi connectivity index (χ4v) is 4.33. The van der Waals surface area contributed by atoms with Gasteiger partial charge in [-0.2, -0.15) is 11.8 Å². The summed E-state index contributed by atoms with van der Waals surface area (Å²) in [5, 5.41) is 5.40. The molecule has 2 aliphatic rings. The van der Waals surface area contributed by atoms with Gasteiger partial charge in [0.2, 0.25) is 0 Å². The fourth-order valence-electron chi connectivity index (χ4n) is 2.07. The van der Waals surface area contributed by atoms with Crippen LogP contribution in [0.15, 0.2) is 4.99 Å². The van der Waals surface area contributed by atoms with E-state index in [1.54, 1.807) is 0 Å².